The molecule has 1 heteroatoms. The van der Waals surface area contributed by atoms with Gasteiger partial charge in [0.05, 0.1) is 0 Å². The predicted octanol–water partition coefficient (Wildman–Crippen LogP) is 3.33. The van der Waals surface area contributed by atoms with Crippen molar-refractivity contribution in [2.75, 3.05) is 0 Å². The van der Waals surface area contributed by atoms with Crippen LogP contribution < -0.4 is 5.73 Å². The number of hydrogen-bond donors (Lipinski definition) is 1. The predicted molar refractivity (Wildman–Crippen MR) is 61.1 cm³/mol. The van der Waals surface area contributed by atoms with Crippen LogP contribution in [-0.2, 0) is 0 Å². The Morgan fingerprint density at radius 2 is 1.64 bits per heavy atom. The average molecular weight is 195 g/mol. The Kier molecular flexibility index (Phi) is 3.48. The third kappa shape index (κ3) is 1.98. The molecule has 2 aliphatic rings. The minimum absolute atomic E-state index is 0.534. The maximum Gasteiger partial charge on any atom is 0.00699 e. The molecule has 2 aliphatic carbocycles. The van der Waals surface area contributed by atoms with Gasteiger partial charge in [0.15, 0.2) is 0 Å². The van der Waals surface area contributed by atoms with Crippen LogP contribution in [0, 0.1) is 17.8 Å². The van der Waals surface area contributed by atoms with Gasteiger partial charge in [-0.15, -0.1) is 0 Å². The van der Waals surface area contributed by atoms with Crippen LogP contribution in [0.15, 0.2) is 0 Å². The van der Waals surface area contributed by atoms with Crippen molar-refractivity contribution in [2.24, 2.45) is 23.5 Å². The van der Waals surface area contributed by atoms with Crippen molar-refractivity contribution in [3.8, 4) is 0 Å². The van der Waals surface area contributed by atoms with Crippen molar-refractivity contribution in [1.29, 1.82) is 0 Å². The van der Waals surface area contributed by atoms with Gasteiger partial charge in [0, 0.05) is 6.04 Å². The van der Waals surface area contributed by atoms with Crippen molar-refractivity contribution in [3.05, 3.63) is 0 Å². The molecule has 0 amide bonds. The monoisotopic (exact) mass is 195 g/mol. The molecule has 0 radical (unpaired) electrons. The smallest absolute Gasteiger partial charge is 0.00699 e. The third-order valence-corrected chi connectivity index (χ3v) is 4.67. The highest BCUT2D eigenvalue weighted by atomic mass is 14.7. The van der Waals surface area contributed by atoms with E-state index in [1.165, 1.54) is 51.4 Å². The highest BCUT2D eigenvalue weighted by Crippen LogP contribution is 2.43. The van der Waals surface area contributed by atoms with Crippen LogP contribution in [0.1, 0.15) is 58.3 Å². The Morgan fingerprint density at radius 3 is 2.29 bits per heavy atom. The van der Waals surface area contributed by atoms with E-state index in [9.17, 15) is 0 Å². The first-order valence-corrected chi connectivity index (χ1v) is 6.58. The Balaban J connectivity index is 1.99. The lowest BCUT2D eigenvalue weighted by Gasteiger charge is -2.37. The molecule has 2 saturated carbocycles. The minimum atomic E-state index is 0.534. The van der Waals surface area contributed by atoms with Gasteiger partial charge < -0.3 is 5.73 Å². The summed E-state index contributed by atoms with van der Waals surface area (Å²) in [5.74, 6) is 2.85. The fourth-order valence-electron chi connectivity index (χ4n) is 3.86. The van der Waals surface area contributed by atoms with E-state index in [1.807, 2.05) is 0 Å². The lowest BCUT2D eigenvalue weighted by atomic mass is 9.70. The summed E-state index contributed by atoms with van der Waals surface area (Å²) in [6.45, 7) is 2.36. The van der Waals surface area contributed by atoms with Gasteiger partial charge in [0.2, 0.25) is 0 Å². The van der Waals surface area contributed by atoms with E-state index in [0.717, 1.165) is 17.8 Å². The number of nitrogens with two attached hydrogens (primary N) is 1. The highest BCUT2D eigenvalue weighted by Gasteiger charge is 2.36. The van der Waals surface area contributed by atoms with Gasteiger partial charge >= 0.3 is 0 Å². The standard InChI is InChI=1S/C13H25N/c1-2-10-6-3-4-7-11(10)12-8-5-9-13(12)14/h10-13H,2-9,14H2,1H3. The van der Waals surface area contributed by atoms with E-state index in [2.05, 4.69) is 6.92 Å². The van der Waals surface area contributed by atoms with Gasteiger partial charge in [0.1, 0.15) is 0 Å². The molecule has 0 saturated heterocycles. The van der Waals surface area contributed by atoms with Gasteiger partial charge in [0.25, 0.3) is 0 Å². The Morgan fingerprint density at radius 1 is 0.929 bits per heavy atom. The fraction of sp³-hybridized carbons (Fsp3) is 1.00. The number of hydrogen-bond acceptors (Lipinski definition) is 1. The first-order valence-electron chi connectivity index (χ1n) is 6.58. The summed E-state index contributed by atoms with van der Waals surface area (Å²) < 4.78 is 0. The molecular formula is C13H25N. The normalized spacial score (nSPS) is 44.1. The Hall–Kier alpha value is -0.0400. The first-order chi connectivity index (χ1) is 6.83. The second-order valence-corrected chi connectivity index (χ2v) is 5.38. The average Bonchev–Trinajstić information content (AvgIpc) is 2.64. The lowest BCUT2D eigenvalue weighted by molar-refractivity contribution is 0.148. The molecule has 1 nitrogen and oxygen atoms in total. The molecule has 14 heavy (non-hydrogen) atoms. The van der Waals surface area contributed by atoms with E-state index in [-0.39, 0.29) is 0 Å². The highest BCUT2D eigenvalue weighted by molar-refractivity contribution is 4.89. The summed E-state index contributed by atoms with van der Waals surface area (Å²) >= 11 is 0. The second-order valence-electron chi connectivity index (χ2n) is 5.38. The summed E-state index contributed by atoms with van der Waals surface area (Å²) in [6, 6.07) is 0.534. The Bertz CT molecular complexity index is 178. The molecule has 2 fully saturated rings. The molecule has 0 aromatic rings. The van der Waals surface area contributed by atoms with Crippen LogP contribution in [0.5, 0.6) is 0 Å². The molecule has 4 unspecified atom stereocenters. The minimum Gasteiger partial charge on any atom is -0.327 e. The van der Waals surface area contributed by atoms with Crippen molar-refractivity contribution in [2.45, 2.75) is 64.3 Å². The van der Waals surface area contributed by atoms with Crippen LogP contribution in [-0.4, -0.2) is 6.04 Å². The van der Waals surface area contributed by atoms with Gasteiger partial charge in [-0.05, 0) is 37.0 Å². The zero-order chi connectivity index (χ0) is 9.97. The molecule has 0 aromatic heterocycles. The summed E-state index contributed by atoms with van der Waals surface area (Å²) in [7, 11) is 0. The topological polar surface area (TPSA) is 26.0 Å². The summed E-state index contributed by atoms with van der Waals surface area (Å²) in [5.41, 5.74) is 6.23. The fourth-order valence-corrected chi connectivity index (χ4v) is 3.86. The lowest BCUT2D eigenvalue weighted by Crippen LogP contribution is -2.35. The van der Waals surface area contributed by atoms with Crippen molar-refractivity contribution in [1.82, 2.24) is 0 Å². The molecule has 0 aromatic carbocycles. The first kappa shape index (κ1) is 10.5. The molecule has 0 spiro atoms. The molecule has 0 aliphatic heterocycles. The maximum atomic E-state index is 6.23. The molecule has 4 atom stereocenters. The summed E-state index contributed by atoms with van der Waals surface area (Å²) in [6.07, 6.45) is 11.4. The van der Waals surface area contributed by atoms with E-state index in [0.29, 0.717) is 6.04 Å². The van der Waals surface area contributed by atoms with Gasteiger partial charge in [-0.25, -0.2) is 0 Å². The number of rotatable bonds is 2. The van der Waals surface area contributed by atoms with Crippen LogP contribution in [0.2, 0.25) is 0 Å². The van der Waals surface area contributed by atoms with Crippen LogP contribution in [0.25, 0.3) is 0 Å². The third-order valence-electron chi connectivity index (χ3n) is 4.67. The molecular weight excluding hydrogens is 170 g/mol. The SMILES string of the molecule is CCC1CCCCC1C1CCCC1N. The molecule has 2 rings (SSSR count). The Labute approximate surface area is 88.4 Å². The van der Waals surface area contributed by atoms with Gasteiger partial charge in [-0.3, -0.25) is 0 Å². The van der Waals surface area contributed by atoms with Gasteiger partial charge in [-0.2, -0.15) is 0 Å². The van der Waals surface area contributed by atoms with E-state index < -0.39 is 0 Å². The summed E-state index contributed by atoms with van der Waals surface area (Å²) in [4.78, 5) is 0. The van der Waals surface area contributed by atoms with E-state index in [4.69, 9.17) is 5.73 Å². The van der Waals surface area contributed by atoms with Crippen LogP contribution >= 0.6 is 0 Å². The zero-order valence-electron chi connectivity index (χ0n) is 9.54. The molecule has 0 heterocycles. The van der Waals surface area contributed by atoms with Crippen LogP contribution in [0.3, 0.4) is 0 Å². The van der Waals surface area contributed by atoms with Gasteiger partial charge in [-0.1, -0.05) is 39.0 Å². The van der Waals surface area contributed by atoms with Crippen molar-refractivity contribution >= 4 is 0 Å². The van der Waals surface area contributed by atoms with Crippen LogP contribution in [0.4, 0.5) is 0 Å². The molecule has 82 valence electrons. The summed E-state index contributed by atoms with van der Waals surface area (Å²) in [5, 5.41) is 0. The zero-order valence-corrected chi connectivity index (χ0v) is 9.54. The van der Waals surface area contributed by atoms with Crippen molar-refractivity contribution < 1.29 is 0 Å². The quantitative estimate of drug-likeness (QED) is 0.718. The maximum absolute atomic E-state index is 6.23. The van der Waals surface area contributed by atoms with Crippen molar-refractivity contribution in [3.63, 3.8) is 0 Å². The largest absolute Gasteiger partial charge is 0.327 e. The second kappa shape index (κ2) is 4.65. The molecule has 2 N–H and O–H groups in total. The van der Waals surface area contributed by atoms with E-state index in [1.54, 1.807) is 0 Å². The molecule has 0 bridgehead atoms. The van der Waals surface area contributed by atoms with E-state index >= 15 is 0 Å².